The minimum absolute atomic E-state index is 0.155. The smallest absolute Gasteiger partial charge is 0.243 e. The average molecular weight is 492 g/mol. The molecular weight excluding hydrogens is 462 g/mol. The minimum Gasteiger partial charge on any atom is -0.508 e. The molecule has 1 spiro atoms. The highest BCUT2D eigenvalue weighted by Crippen LogP contribution is 2.56. The number of hydrogen-bond donors (Lipinski definition) is 1. The van der Waals surface area contributed by atoms with Crippen molar-refractivity contribution < 1.29 is 13.5 Å². The van der Waals surface area contributed by atoms with Crippen LogP contribution in [0.25, 0.3) is 0 Å². The zero-order chi connectivity index (χ0) is 22.2. The fraction of sp³-hybridized carbons (Fsp3) is 0.478. The number of fused-ring (bicyclic) bond motifs is 2. The van der Waals surface area contributed by atoms with Crippen LogP contribution in [0.1, 0.15) is 12.0 Å². The Hall–Kier alpha value is -1.39. The molecule has 3 aliphatic rings. The number of sulfonamides is 1. The quantitative estimate of drug-likeness (QED) is 0.689. The van der Waals surface area contributed by atoms with Gasteiger partial charge in [0.05, 0.1) is 4.90 Å². The third kappa shape index (κ3) is 4.25. The lowest BCUT2D eigenvalue weighted by Gasteiger charge is -2.40. The number of piperazine rings is 1. The van der Waals surface area contributed by atoms with Gasteiger partial charge in [0.1, 0.15) is 9.83 Å². The summed E-state index contributed by atoms with van der Waals surface area (Å²) in [5, 5.41) is 9.48. The van der Waals surface area contributed by atoms with Gasteiger partial charge in [-0.3, -0.25) is 4.90 Å². The van der Waals surface area contributed by atoms with E-state index < -0.39 is 10.0 Å². The van der Waals surface area contributed by atoms with Crippen LogP contribution in [0.2, 0.25) is 0 Å². The van der Waals surface area contributed by atoms with Crippen molar-refractivity contribution in [2.45, 2.75) is 15.4 Å². The maximum Gasteiger partial charge on any atom is 0.243 e. The van der Waals surface area contributed by atoms with Gasteiger partial charge in [-0.2, -0.15) is 4.31 Å². The molecule has 0 radical (unpaired) electrons. The molecule has 0 bridgehead atoms. The molecule has 2 saturated heterocycles. The van der Waals surface area contributed by atoms with Gasteiger partial charge in [0, 0.05) is 56.5 Å². The first kappa shape index (κ1) is 22.4. The van der Waals surface area contributed by atoms with Crippen molar-refractivity contribution in [3.8, 4) is 5.75 Å². The normalized spacial score (nSPS) is 22.8. The molecule has 3 heterocycles. The van der Waals surface area contributed by atoms with Gasteiger partial charge in [-0.25, -0.2) is 8.42 Å². The SMILES string of the molecule is O=S1(=O)c2ccccc2C2(CN1CCCN1CCN(c3ccc(O)cc3)CC1)SCCS2. The van der Waals surface area contributed by atoms with Crippen LogP contribution in [0.4, 0.5) is 5.69 Å². The van der Waals surface area contributed by atoms with Gasteiger partial charge in [-0.1, -0.05) is 18.2 Å². The van der Waals surface area contributed by atoms with E-state index in [1.807, 2.05) is 53.9 Å². The van der Waals surface area contributed by atoms with E-state index in [1.165, 1.54) is 0 Å². The van der Waals surface area contributed by atoms with E-state index in [9.17, 15) is 13.5 Å². The molecule has 0 atom stereocenters. The summed E-state index contributed by atoms with van der Waals surface area (Å²) in [6, 6.07) is 15.0. The maximum atomic E-state index is 13.3. The highest BCUT2D eigenvalue weighted by atomic mass is 32.2. The highest BCUT2D eigenvalue weighted by Gasteiger charge is 2.48. The van der Waals surface area contributed by atoms with Gasteiger partial charge in [0.25, 0.3) is 0 Å². The summed E-state index contributed by atoms with van der Waals surface area (Å²) in [4.78, 5) is 5.26. The van der Waals surface area contributed by atoms with Crippen molar-refractivity contribution in [1.29, 1.82) is 0 Å². The summed E-state index contributed by atoms with van der Waals surface area (Å²) in [6.45, 7) is 5.85. The molecule has 2 aromatic rings. The summed E-state index contributed by atoms with van der Waals surface area (Å²) in [6.07, 6.45) is 0.839. The zero-order valence-electron chi connectivity index (χ0n) is 18.0. The molecule has 2 fully saturated rings. The first-order valence-electron chi connectivity index (χ1n) is 11.1. The van der Waals surface area contributed by atoms with Gasteiger partial charge in [-0.05, 0) is 48.9 Å². The van der Waals surface area contributed by atoms with Crippen LogP contribution in [0.5, 0.6) is 5.75 Å². The number of anilines is 1. The van der Waals surface area contributed by atoms with Crippen molar-refractivity contribution in [1.82, 2.24) is 9.21 Å². The zero-order valence-corrected chi connectivity index (χ0v) is 20.5. The summed E-state index contributed by atoms with van der Waals surface area (Å²) in [5.41, 5.74) is 2.12. The van der Waals surface area contributed by atoms with Gasteiger partial charge >= 0.3 is 0 Å². The summed E-state index contributed by atoms with van der Waals surface area (Å²) in [7, 11) is -3.44. The van der Waals surface area contributed by atoms with Crippen LogP contribution in [-0.4, -0.2) is 80.0 Å². The lowest BCUT2D eigenvalue weighted by atomic mass is 10.1. The molecular formula is C23H29N3O3S3. The largest absolute Gasteiger partial charge is 0.508 e. The van der Waals surface area contributed by atoms with Crippen LogP contribution < -0.4 is 4.90 Å². The molecule has 0 aromatic heterocycles. The first-order valence-corrected chi connectivity index (χ1v) is 14.5. The van der Waals surface area contributed by atoms with Crippen LogP contribution in [0.15, 0.2) is 53.4 Å². The van der Waals surface area contributed by atoms with Crippen LogP contribution in [-0.2, 0) is 14.1 Å². The number of aromatic hydroxyl groups is 1. The second-order valence-electron chi connectivity index (χ2n) is 8.48. The Labute approximate surface area is 199 Å². The predicted octanol–water partition coefficient (Wildman–Crippen LogP) is 3.24. The third-order valence-corrected chi connectivity index (χ3v) is 11.8. The van der Waals surface area contributed by atoms with Gasteiger partial charge < -0.3 is 10.0 Å². The second kappa shape index (κ2) is 9.10. The fourth-order valence-corrected chi connectivity index (χ4v) is 10.2. The monoisotopic (exact) mass is 491 g/mol. The molecule has 5 rings (SSSR count). The molecule has 3 aliphatic heterocycles. The molecule has 32 heavy (non-hydrogen) atoms. The van der Waals surface area contributed by atoms with Crippen molar-refractivity contribution >= 4 is 39.2 Å². The molecule has 0 saturated carbocycles. The Morgan fingerprint density at radius 3 is 2.31 bits per heavy atom. The number of phenolic OH excluding ortho intramolecular Hbond substituents is 1. The molecule has 172 valence electrons. The molecule has 0 unspecified atom stereocenters. The van der Waals surface area contributed by atoms with E-state index in [0.717, 1.165) is 61.9 Å². The van der Waals surface area contributed by atoms with Crippen LogP contribution in [0, 0.1) is 0 Å². The predicted molar refractivity (Wildman–Crippen MR) is 133 cm³/mol. The highest BCUT2D eigenvalue weighted by molar-refractivity contribution is 8.20. The van der Waals surface area contributed by atoms with E-state index in [1.54, 1.807) is 22.5 Å². The number of rotatable bonds is 5. The van der Waals surface area contributed by atoms with Gasteiger partial charge in [0.2, 0.25) is 10.0 Å². The molecule has 0 aliphatic carbocycles. The van der Waals surface area contributed by atoms with Crippen molar-refractivity contribution in [2.24, 2.45) is 0 Å². The summed E-state index contributed by atoms with van der Waals surface area (Å²) in [5.74, 6) is 2.43. The Bertz CT molecular complexity index is 1050. The van der Waals surface area contributed by atoms with Gasteiger partial charge in [-0.15, -0.1) is 23.5 Å². The fourth-order valence-electron chi connectivity index (χ4n) is 4.81. The average Bonchev–Trinajstić information content (AvgIpc) is 3.28. The first-order chi connectivity index (χ1) is 15.5. The van der Waals surface area contributed by atoms with E-state index in [-0.39, 0.29) is 4.08 Å². The van der Waals surface area contributed by atoms with Crippen LogP contribution in [0.3, 0.4) is 0 Å². The third-order valence-electron chi connectivity index (χ3n) is 6.52. The summed E-state index contributed by atoms with van der Waals surface area (Å²) >= 11 is 3.80. The Balaban J connectivity index is 1.19. The summed E-state index contributed by atoms with van der Waals surface area (Å²) < 4.78 is 28.2. The molecule has 9 heteroatoms. The van der Waals surface area contributed by atoms with Crippen molar-refractivity contribution in [2.75, 3.05) is 62.2 Å². The Morgan fingerprint density at radius 2 is 1.59 bits per heavy atom. The topological polar surface area (TPSA) is 64.1 Å². The van der Waals surface area contributed by atoms with Crippen molar-refractivity contribution in [3.05, 3.63) is 54.1 Å². The molecule has 6 nitrogen and oxygen atoms in total. The van der Waals surface area contributed by atoms with E-state index >= 15 is 0 Å². The van der Waals surface area contributed by atoms with Crippen LogP contribution >= 0.6 is 23.5 Å². The lowest BCUT2D eigenvalue weighted by Crippen LogP contribution is -2.48. The number of hydrogen-bond acceptors (Lipinski definition) is 7. The number of phenols is 1. The molecule has 1 N–H and O–H groups in total. The Morgan fingerprint density at radius 1 is 0.906 bits per heavy atom. The van der Waals surface area contributed by atoms with E-state index in [4.69, 9.17) is 0 Å². The maximum absolute atomic E-state index is 13.3. The molecule has 2 aromatic carbocycles. The van der Waals surface area contributed by atoms with E-state index in [0.29, 0.717) is 23.7 Å². The Kier molecular flexibility index (Phi) is 6.37. The lowest BCUT2D eigenvalue weighted by molar-refractivity contribution is 0.244. The van der Waals surface area contributed by atoms with Crippen molar-refractivity contribution in [3.63, 3.8) is 0 Å². The molecule has 0 amide bonds. The number of nitrogens with zero attached hydrogens (tertiary/aromatic N) is 3. The minimum atomic E-state index is -3.44. The van der Waals surface area contributed by atoms with Gasteiger partial charge in [0.15, 0.2) is 0 Å². The number of thioether (sulfide) groups is 2. The second-order valence-corrected chi connectivity index (χ2v) is 13.4. The van der Waals surface area contributed by atoms with E-state index in [2.05, 4.69) is 9.80 Å². The number of benzene rings is 2. The standard InChI is InChI=1S/C23H29N3O3S3/c27-20-8-6-19(7-9-20)25-14-12-24(13-15-25)10-3-11-26-18-23(30-16-17-31-23)21-4-1-2-5-22(21)32(26,28)29/h1-2,4-9,27H,3,10-18H2.